The Hall–Kier alpha value is -2.87. The number of carbonyl (C=O) groups is 1. The summed E-state index contributed by atoms with van der Waals surface area (Å²) in [6.45, 7) is 1.98. The van der Waals surface area contributed by atoms with Crippen LogP contribution in [0.15, 0.2) is 30.7 Å². The van der Waals surface area contributed by atoms with Gasteiger partial charge < -0.3 is 15.0 Å². The van der Waals surface area contributed by atoms with E-state index in [1.165, 1.54) is 13.4 Å². The molecular weight excluding hydrogens is 368 g/mol. The molecule has 1 saturated heterocycles. The molecule has 3 aromatic rings. The zero-order valence-electron chi connectivity index (χ0n) is 14.9. The van der Waals surface area contributed by atoms with Crippen molar-refractivity contribution in [2.24, 2.45) is 0 Å². The molecule has 27 heavy (non-hydrogen) atoms. The number of methoxy groups -OCH3 is 1. The monoisotopic (exact) mass is 386 g/mol. The third kappa shape index (κ3) is 3.52. The Labute approximate surface area is 161 Å². The van der Waals surface area contributed by atoms with Gasteiger partial charge >= 0.3 is 0 Å². The quantitative estimate of drug-likeness (QED) is 0.725. The predicted octanol–water partition coefficient (Wildman–Crippen LogP) is 2.73. The number of halogens is 1. The number of fused-ring (bicyclic) bond motifs is 1. The number of anilines is 2. The molecule has 2 aromatic heterocycles. The highest BCUT2D eigenvalue weighted by molar-refractivity contribution is 6.31. The van der Waals surface area contributed by atoms with Gasteiger partial charge in [-0.2, -0.15) is 5.10 Å². The first-order chi connectivity index (χ1) is 13.2. The van der Waals surface area contributed by atoms with E-state index in [0.717, 1.165) is 37.1 Å². The van der Waals surface area contributed by atoms with Gasteiger partial charge in [0.25, 0.3) is 0 Å². The zero-order chi connectivity index (χ0) is 18.8. The second-order valence-corrected chi connectivity index (χ2v) is 6.76. The number of ether oxygens (including phenoxy) is 1. The number of benzene rings is 1. The number of nitrogens with one attached hydrogen (secondary N) is 1. The lowest BCUT2D eigenvalue weighted by atomic mass is 10.3. The highest BCUT2D eigenvalue weighted by atomic mass is 35.5. The molecule has 1 aliphatic rings. The van der Waals surface area contributed by atoms with E-state index in [2.05, 4.69) is 25.3 Å². The summed E-state index contributed by atoms with van der Waals surface area (Å²) in [6, 6.07) is 5.05. The van der Waals surface area contributed by atoms with Crippen molar-refractivity contribution < 1.29 is 9.53 Å². The first-order valence-corrected chi connectivity index (χ1v) is 9.08. The van der Waals surface area contributed by atoms with E-state index in [-0.39, 0.29) is 12.5 Å². The lowest BCUT2D eigenvalue weighted by Crippen LogP contribution is -2.21. The molecule has 8 nitrogen and oxygen atoms in total. The van der Waals surface area contributed by atoms with Crippen molar-refractivity contribution in [3.05, 3.63) is 35.7 Å². The van der Waals surface area contributed by atoms with Gasteiger partial charge in [-0.25, -0.2) is 14.6 Å². The maximum Gasteiger partial charge on any atom is 0.246 e. The normalized spacial score (nSPS) is 13.9. The van der Waals surface area contributed by atoms with E-state index in [4.69, 9.17) is 16.3 Å². The molecule has 0 radical (unpaired) electrons. The van der Waals surface area contributed by atoms with E-state index in [9.17, 15) is 4.79 Å². The fourth-order valence-electron chi connectivity index (χ4n) is 3.28. The molecular formula is C18H19ClN6O2. The standard InChI is InChI=1S/C18H19ClN6O2/c1-27-15-5-4-12(19)8-14(15)23-16(26)10-25-18-13(9-22-25)17(20-11-21-18)24-6-2-3-7-24/h4-5,8-9,11H,2-3,6-7,10H2,1H3,(H,23,26). The van der Waals surface area contributed by atoms with Gasteiger partial charge in [0.2, 0.25) is 5.91 Å². The molecule has 0 bridgehead atoms. The summed E-state index contributed by atoms with van der Waals surface area (Å²) in [5, 5.41) is 8.52. The Kier molecular flexibility index (Phi) is 4.81. The summed E-state index contributed by atoms with van der Waals surface area (Å²) in [6.07, 6.45) is 5.55. The molecule has 1 amide bonds. The van der Waals surface area contributed by atoms with Crippen LogP contribution >= 0.6 is 11.6 Å². The smallest absolute Gasteiger partial charge is 0.246 e. The molecule has 1 fully saturated rings. The van der Waals surface area contributed by atoms with Crippen molar-refractivity contribution in [2.75, 3.05) is 30.4 Å². The van der Waals surface area contributed by atoms with Crippen molar-refractivity contribution in [1.82, 2.24) is 19.7 Å². The number of nitrogens with zero attached hydrogens (tertiary/aromatic N) is 5. The Morgan fingerprint density at radius 3 is 2.89 bits per heavy atom. The topological polar surface area (TPSA) is 85.2 Å². The largest absolute Gasteiger partial charge is 0.495 e. The van der Waals surface area contributed by atoms with Crippen molar-refractivity contribution in [2.45, 2.75) is 19.4 Å². The van der Waals surface area contributed by atoms with E-state index >= 15 is 0 Å². The summed E-state index contributed by atoms with van der Waals surface area (Å²) >= 11 is 6.01. The molecule has 0 spiro atoms. The molecule has 3 heterocycles. The minimum Gasteiger partial charge on any atom is -0.495 e. The summed E-state index contributed by atoms with van der Waals surface area (Å²) in [4.78, 5) is 23.5. The molecule has 1 N–H and O–H groups in total. The van der Waals surface area contributed by atoms with Gasteiger partial charge in [0.1, 0.15) is 24.4 Å². The fraction of sp³-hybridized carbons (Fsp3) is 0.333. The lowest BCUT2D eigenvalue weighted by Gasteiger charge is -2.16. The van der Waals surface area contributed by atoms with E-state index in [1.807, 2.05) is 0 Å². The van der Waals surface area contributed by atoms with Crippen molar-refractivity contribution in [3.8, 4) is 5.75 Å². The Balaban J connectivity index is 1.56. The average Bonchev–Trinajstić information content (AvgIpc) is 3.32. The SMILES string of the molecule is COc1ccc(Cl)cc1NC(=O)Cn1ncc2c(N3CCCC3)ncnc21. The number of hydrogen-bond donors (Lipinski definition) is 1. The van der Waals surface area contributed by atoms with Crippen molar-refractivity contribution >= 4 is 40.0 Å². The number of rotatable bonds is 5. The predicted molar refractivity (Wildman–Crippen MR) is 103 cm³/mol. The van der Waals surface area contributed by atoms with Crippen LogP contribution in [-0.4, -0.2) is 45.9 Å². The Bertz CT molecular complexity index is 983. The zero-order valence-corrected chi connectivity index (χ0v) is 15.6. The molecule has 9 heteroatoms. The van der Waals surface area contributed by atoms with Gasteiger partial charge in [0, 0.05) is 18.1 Å². The first kappa shape index (κ1) is 17.5. The number of carbonyl (C=O) groups excluding carboxylic acids is 1. The first-order valence-electron chi connectivity index (χ1n) is 8.70. The van der Waals surface area contributed by atoms with E-state index in [1.54, 1.807) is 29.1 Å². The minimum absolute atomic E-state index is 0.0234. The molecule has 0 unspecified atom stereocenters. The fourth-order valence-corrected chi connectivity index (χ4v) is 3.45. The van der Waals surface area contributed by atoms with Crippen molar-refractivity contribution in [1.29, 1.82) is 0 Å². The molecule has 0 saturated carbocycles. The highest BCUT2D eigenvalue weighted by Gasteiger charge is 2.19. The Morgan fingerprint density at radius 2 is 2.11 bits per heavy atom. The van der Waals surface area contributed by atoms with Crippen LogP contribution < -0.4 is 15.0 Å². The second-order valence-electron chi connectivity index (χ2n) is 6.32. The van der Waals surface area contributed by atoms with Gasteiger partial charge in [0.05, 0.1) is 24.4 Å². The van der Waals surface area contributed by atoms with Crippen LogP contribution in [0.3, 0.4) is 0 Å². The summed E-state index contributed by atoms with van der Waals surface area (Å²) in [7, 11) is 1.54. The van der Waals surface area contributed by atoms with E-state index < -0.39 is 0 Å². The molecule has 0 atom stereocenters. The molecule has 140 valence electrons. The molecule has 0 aliphatic carbocycles. The second kappa shape index (κ2) is 7.40. The third-order valence-corrected chi connectivity index (χ3v) is 4.78. The maximum atomic E-state index is 12.5. The molecule has 1 aromatic carbocycles. The number of hydrogen-bond acceptors (Lipinski definition) is 6. The summed E-state index contributed by atoms with van der Waals surface area (Å²) in [5.74, 6) is 1.17. The van der Waals surface area contributed by atoms with Gasteiger partial charge in [0.15, 0.2) is 5.65 Å². The highest BCUT2D eigenvalue weighted by Crippen LogP contribution is 2.28. The average molecular weight is 387 g/mol. The number of amides is 1. The Morgan fingerprint density at radius 1 is 1.30 bits per heavy atom. The summed E-state index contributed by atoms with van der Waals surface area (Å²) in [5.41, 5.74) is 1.15. The van der Waals surface area contributed by atoms with Crippen LogP contribution in [0.25, 0.3) is 11.0 Å². The van der Waals surface area contributed by atoms with Crippen LogP contribution in [0.1, 0.15) is 12.8 Å². The molecule has 1 aliphatic heterocycles. The molecule has 4 rings (SSSR count). The van der Waals surface area contributed by atoms with Crippen molar-refractivity contribution in [3.63, 3.8) is 0 Å². The van der Waals surface area contributed by atoms with Crippen LogP contribution in [-0.2, 0) is 11.3 Å². The van der Waals surface area contributed by atoms with Gasteiger partial charge in [-0.1, -0.05) is 11.6 Å². The van der Waals surface area contributed by atoms with Gasteiger partial charge in [-0.15, -0.1) is 0 Å². The van der Waals surface area contributed by atoms with Crippen LogP contribution in [0.2, 0.25) is 5.02 Å². The van der Waals surface area contributed by atoms with Crippen LogP contribution in [0, 0.1) is 0 Å². The van der Waals surface area contributed by atoms with Gasteiger partial charge in [-0.3, -0.25) is 4.79 Å². The third-order valence-electron chi connectivity index (χ3n) is 4.55. The maximum absolute atomic E-state index is 12.5. The van der Waals surface area contributed by atoms with Gasteiger partial charge in [-0.05, 0) is 31.0 Å². The summed E-state index contributed by atoms with van der Waals surface area (Å²) < 4.78 is 6.83. The number of aromatic nitrogens is 4. The lowest BCUT2D eigenvalue weighted by molar-refractivity contribution is -0.116. The van der Waals surface area contributed by atoms with Crippen LogP contribution in [0.4, 0.5) is 11.5 Å². The van der Waals surface area contributed by atoms with E-state index in [0.29, 0.717) is 22.1 Å². The minimum atomic E-state index is -0.248. The van der Waals surface area contributed by atoms with Crippen LogP contribution in [0.5, 0.6) is 5.75 Å².